The molecular formula is C29H27ClF2N6O2. The Morgan fingerprint density at radius 1 is 1.07 bits per heavy atom. The molecule has 0 amide bonds. The molecule has 11 heteroatoms. The Morgan fingerprint density at radius 3 is 2.62 bits per heavy atom. The number of pyridine rings is 2. The molecule has 0 saturated carbocycles. The lowest BCUT2D eigenvalue weighted by molar-refractivity contribution is -0.0592. The van der Waals surface area contributed by atoms with E-state index in [9.17, 15) is 14.0 Å². The Balaban J connectivity index is 1.10. The first-order valence-corrected chi connectivity index (χ1v) is 13.7. The van der Waals surface area contributed by atoms with E-state index in [1.54, 1.807) is 24.4 Å². The molecule has 1 atom stereocenters. The van der Waals surface area contributed by atoms with Gasteiger partial charge in [-0.15, -0.1) is 0 Å². The Morgan fingerprint density at radius 2 is 1.90 bits per heavy atom. The van der Waals surface area contributed by atoms with Gasteiger partial charge in [0.1, 0.15) is 29.5 Å². The summed E-state index contributed by atoms with van der Waals surface area (Å²) in [6.07, 6.45) is 4.28. The molecule has 0 N–H and O–H groups in total. The van der Waals surface area contributed by atoms with Crippen molar-refractivity contribution in [2.75, 3.05) is 19.7 Å². The molecule has 5 heterocycles. The molecule has 2 aliphatic heterocycles. The van der Waals surface area contributed by atoms with Gasteiger partial charge in [0.15, 0.2) is 5.82 Å². The van der Waals surface area contributed by atoms with Gasteiger partial charge < -0.3 is 14.0 Å². The minimum atomic E-state index is -0.542. The number of benzene rings is 1. The highest BCUT2D eigenvalue weighted by atomic mass is 35.5. The van der Waals surface area contributed by atoms with Crippen LogP contribution in [0.1, 0.15) is 42.0 Å². The van der Waals surface area contributed by atoms with Gasteiger partial charge in [-0.1, -0.05) is 17.7 Å². The van der Waals surface area contributed by atoms with Crippen LogP contribution in [0.25, 0.3) is 11.0 Å². The summed E-state index contributed by atoms with van der Waals surface area (Å²) in [5, 5.41) is 9.56. The minimum absolute atomic E-state index is 0.0617. The molecule has 0 radical (unpaired) electrons. The Labute approximate surface area is 235 Å². The molecule has 2 saturated heterocycles. The zero-order chi connectivity index (χ0) is 27.6. The Kier molecular flexibility index (Phi) is 7.61. The molecule has 40 heavy (non-hydrogen) atoms. The standard InChI is InChI=1S/C29H27ClF2N6O2/c30-19-2-1-18(25(32)12-19)11-20-3-4-24(31)29(35-20)40-22-5-8-37(9-6-22)17-28-36-26-13-21(14-33)34-15-27(26)38(28)16-23-7-10-39-23/h1-4,12-13,15,22-23H,5-11,16-17H2/t23-/m0/s1. The fraction of sp³-hybridized carbons (Fsp3) is 0.379. The Hall–Kier alpha value is -3.65. The van der Waals surface area contributed by atoms with Crippen molar-refractivity contribution >= 4 is 22.6 Å². The highest BCUT2D eigenvalue weighted by molar-refractivity contribution is 6.30. The second kappa shape index (κ2) is 11.5. The zero-order valence-electron chi connectivity index (χ0n) is 21.7. The molecule has 8 nitrogen and oxygen atoms in total. The number of ether oxygens (including phenoxy) is 2. The first-order valence-electron chi connectivity index (χ1n) is 13.3. The fourth-order valence-corrected chi connectivity index (χ4v) is 5.30. The maximum absolute atomic E-state index is 14.6. The van der Waals surface area contributed by atoms with Crippen LogP contribution < -0.4 is 4.74 Å². The van der Waals surface area contributed by atoms with E-state index in [0.29, 0.717) is 47.9 Å². The Bertz CT molecular complexity index is 1580. The van der Waals surface area contributed by atoms with Crippen molar-refractivity contribution in [2.45, 2.75) is 51.0 Å². The second-order valence-corrected chi connectivity index (χ2v) is 10.6. The highest BCUT2D eigenvalue weighted by Gasteiger charge is 2.26. The third kappa shape index (κ3) is 5.77. The first kappa shape index (κ1) is 26.6. The van der Waals surface area contributed by atoms with Gasteiger partial charge in [-0.2, -0.15) is 5.26 Å². The molecule has 0 aliphatic carbocycles. The number of likely N-dealkylation sites (tertiary alicyclic amines) is 1. The van der Waals surface area contributed by atoms with Crippen molar-refractivity contribution in [3.8, 4) is 11.9 Å². The van der Waals surface area contributed by atoms with Gasteiger partial charge in [-0.3, -0.25) is 4.90 Å². The van der Waals surface area contributed by atoms with Crippen LogP contribution in [-0.4, -0.2) is 56.3 Å². The van der Waals surface area contributed by atoms with E-state index in [-0.39, 0.29) is 24.5 Å². The fourth-order valence-electron chi connectivity index (χ4n) is 5.14. The molecule has 2 aliphatic rings. The molecule has 206 valence electrons. The van der Waals surface area contributed by atoms with Crippen LogP contribution >= 0.6 is 11.6 Å². The van der Waals surface area contributed by atoms with E-state index in [1.165, 1.54) is 18.2 Å². The molecule has 3 aromatic heterocycles. The molecule has 0 unspecified atom stereocenters. The van der Waals surface area contributed by atoms with Crippen LogP contribution in [0.5, 0.6) is 5.88 Å². The SMILES string of the molecule is N#Cc1cc2nc(CN3CCC(Oc4nc(Cc5ccc(Cl)cc5F)ccc4F)CC3)n(C[C@@H]3CCO3)c2cn1. The average molecular weight is 565 g/mol. The van der Waals surface area contributed by atoms with Gasteiger partial charge in [-0.25, -0.2) is 23.7 Å². The lowest BCUT2D eigenvalue weighted by Crippen LogP contribution is -2.39. The van der Waals surface area contributed by atoms with Crippen LogP contribution in [0, 0.1) is 23.0 Å². The maximum Gasteiger partial charge on any atom is 0.250 e. The molecule has 4 aromatic rings. The monoisotopic (exact) mass is 564 g/mol. The summed E-state index contributed by atoms with van der Waals surface area (Å²) in [5.41, 5.74) is 2.92. The molecule has 6 rings (SSSR count). The van der Waals surface area contributed by atoms with Gasteiger partial charge in [0.05, 0.1) is 36.4 Å². The summed E-state index contributed by atoms with van der Waals surface area (Å²) in [7, 11) is 0. The quantitative estimate of drug-likeness (QED) is 0.296. The number of nitrogens with zero attached hydrogens (tertiary/aromatic N) is 6. The average Bonchev–Trinajstić information content (AvgIpc) is 3.26. The van der Waals surface area contributed by atoms with Crippen molar-refractivity contribution in [3.05, 3.63) is 82.0 Å². The largest absolute Gasteiger partial charge is 0.472 e. The van der Waals surface area contributed by atoms with E-state index in [4.69, 9.17) is 26.1 Å². The summed E-state index contributed by atoms with van der Waals surface area (Å²) < 4.78 is 42.6. The van der Waals surface area contributed by atoms with Crippen molar-refractivity contribution in [3.63, 3.8) is 0 Å². The summed E-state index contributed by atoms with van der Waals surface area (Å²) in [5.74, 6) is -0.131. The number of rotatable bonds is 8. The van der Waals surface area contributed by atoms with E-state index in [2.05, 4.69) is 25.5 Å². The van der Waals surface area contributed by atoms with Gasteiger partial charge in [0.25, 0.3) is 5.88 Å². The number of halogens is 3. The number of piperidine rings is 1. The summed E-state index contributed by atoms with van der Waals surface area (Å²) in [6.45, 7) is 3.58. The van der Waals surface area contributed by atoms with Gasteiger partial charge in [-0.05, 0) is 49.1 Å². The van der Waals surface area contributed by atoms with Crippen LogP contribution in [-0.2, 0) is 24.2 Å². The molecule has 1 aromatic carbocycles. The van der Waals surface area contributed by atoms with Crippen molar-refractivity contribution in [1.82, 2.24) is 24.4 Å². The molecule has 0 bridgehead atoms. The van der Waals surface area contributed by atoms with E-state index in [1.807, 2.05) is 0 Å². The van der Waals surface area contributed by atoms with E-state index >= 15 is 0 Å². The van der Waals surface area contributed by atoms with Gasteiger partial charge in [0, 0.05) is 42.9 Å². The minimum Gasteiger partial charge on any atom is -0.472 e. The van der Waals surface area contributed by atoms with Crippen LogP contribution in [0.15, 0.2) is 42.6 Å². The molecule has 2 fully saturated rings. The van der Waals surface area contributed by atoms with Crippen LogP contribution in [0.2, 0.25) is 5.02 Å². The lowest BCUT2D eigenvalue weighted by Gasteiger charge is -2.32. The number of hydrogen-bond acceptors (Lipinski definition) is 7. The summed E-state index contributed by atoms with van der Waals surface area (Å²) in [6, 6.07) is 11.1. The normalized spacial score (nSPS) is 18.0. The topological polar surface area (TPSA) is 89.1 Å². The lowest BCUT2D eigenvalue weighted by atomic mass is 10.1. The third-order valence-corrected chi connectivity index (χ3v) is 7.68. The second-order valence-electron chi connectivity index (χ2n) is 10.2. The smallest absolute Gasteiger partial charge is 0.250 e. The summed E-state index contributed by atoms with van der Waals surface area (Å²) in [4.78, 5) is 15.7. The number of imidazole rings is 1. The van der Waals surface area contributed by atoms with Crippen molar-refractivity contribution in [2.24, 2.45) is 0 Å². The molecule has 0 spiro atoms. The molecular weight excluding hydrogens is 538 g/mol. The zero-order valence-corrected chi connectivity index (χ0v) is 22.4. The summed E-state index contributed by atoms with van der Waals surface area (Å²) >= 11 is 5.84. The third-order valence-electron chi connectivity index (χ3n) is 7.44. The van der Waals surface area contributed by atoms with Crippen molar-refractivity contribution < 1.29 is 18.3 Å². The number of nitriles is 1. The van der Waals surface area contributed by atoms with Crippen LogP contribution in [0.3, 0.4) is 0 Å². The predicted molar refractivity (Wildman–Crippen MR) is 144 cm³/mol. The maximum atomic E-state index is 14.6. The van der Waals surface area contributed by atoms with Crippen molar-refractivity contribution in [1.29, 1.82) is 5.26 Å². The van der Waals surface area contributed by atoms with Crippen LogP contribution in [0.4, 0.5) is 8.78 Å². The van der Waals surface area contributed by atoms with E-state index in [0.717, 1.165) is 43.0 Å². The van der Waals surface area contributed by atoms with E-state index < -0.39 is 11.6 Å². The number of aromatic nitrogens is 4. The predicted octanol–water partition coefficient (Wildman–Crippen LogP) is 5.05. The van der Waals surface area contributed by atoms with Gasteiger partial charge >= 0.3 is 0 Å². The highest BCUT2D eigenvalue weighted by Crippen LogP contribution is 2.26. The number of fused-ring (bicyclic) bond motifs is 1. The van der Waals surface area contributed by atoms with Gasteiger partial charge in [0.2, 0.25) is 0 Å². The first-order chi connectivity index (χ1) is 19.4. The number of hydrogen-bond donors (Lipinski definition) is 0.